The maximum absolute atomic E-state index is 13.6. The molecule has 2 fully saturated rings. The maximum Gasteiger partial charge on any atom is 0.266 e. The number of imide groups is 1. The molecular formula is C25H22ClN3O3. The highest BCUT2D eigenvalue weighted by Crippen LogP contribution is 2.47. The van der Waals surface area contributed by atoms with E-state index in [1.165, 1.54) is 4.90 Å². The number of hydroxylamine groups is 1. The van der Waals surface area contributed by atoms with Crippen LogP contribution in [-0.2, 0) is 14.4 Å². The van der Waals surface area contributed by atoms with Gasteiger partial charge in [0, 0.05) is 24.8 Å². The largest absolute Gasteiger partial charge is 0.378 e. The molecule has 0 aromatic heterocycles. The van der Waals surface area contributed by atoms with Crippen molar-refractivity contribution in [2.24, 2.45) is 5.92 Å². The smallest absolute Gasteiger partial charge is 0.266 e. The van der Waals surface area contributed by atoms with Gasteiger partial charge in [0.05, 0.1) is 17.4 Å². The summed E-state index contributed by atoms with van der Waals surface area (Å²) < 4.78 is 0. The van der Waals surface area contributed by atoms with Gasteiger partial charge in [0.15, 0.2) is 6.10 Å². The number of amides is 2. The molecule has 2 heterocycles. The Bertz CT molecular complexity index is 1170. The molecule has 0 spiro atoms. The first-order valence-electron chi connectivity index (χ1n) is 10.4. The van der Waals surface area contributed by atoms with E-state index in [4.69, 9.17) is 16.4 Å². The van der Waals surface area contributed by atoms with Gasteiger partial charge in [-0.2, -0.15) is 0 Å². The lowest BCUT2D eigenvalue weighted by molar-refractivity contribution is -0.126. The van der Waals surface area contributed by atoms with Crippen LogP contribution >= 0.6 is 11.6 Å². The fourth-order valence-corrected chi connectivity index (χ4v) is 4.58. The number of hydrogen-bond donors (Lipinski definition) is 0. The summed E-state index contributed by atoms with van der Waals surface area (Å²) in [4.78, 5) is 36.3. The lowest BCUT2D eigenvalue weighted by Crippen LogP contribution is -2.37. The van der Waals surface area contributed by atoms with E-state index in [1.54, 1.807) is 29.3 Å². The molecule has 0 aliphatic carbocycles. The Morgan fingerprint density at radius 2 is 1.53 bits per heavy atom. The highest BCUT2D eigenvalue weighted by atomic mass is 35.5. The van der Waals surface area contributed by atoms with Crippen molar-refractivity contribution in [3.63, 3.8) is 0 Å². The van der Waals surface area contributed by atoms with Crippen molar-refractivity contribution in [2.75, 3.05) is 29.0 Å². The molecular weight excluding hydrogens is 426 g/mol. The van der Waals surface area contributed by atoms with Crippen LogP contribution in [0.1, 0.15) is 11.6 Å². The average molecular weight is 448 g/mol. The van der Waals surface area contributed by atoms with E-state index < -0.39 is 18.1 Å². The van der Waals surface area contributed by atoms with Crippen LogP contribution in [-0.4, -0.2) is 32.0 Å². The molecule has 0 unspecified atom stereocenters. The average Bonchev–Trinajstić information content (AvgIpc) is 3.30. The van der Waals surface area contributed by atoms with Gasteiger partial charge in [-0.3, -0.25) is 14.4 Å². The summed E-state index contributed by atoms with van der Waals surface area (Å²) >= 11 is 6.11. The van der Waals surface area contributed by atoms with Gasteiger partial charge in [0.2, 0.25) is 5.91 Å². The minimum Gasteiger partial charge on any atom is -0.378 e. The number of para-hydroxylation sites is 1. The topological polar surface area (TPSA) is 53.1 Å². The summed E-state index contributed by atoms with van der Waals surface area (Å²) in [6, 6.07) is 23.8. The van der Waals surface area contributed by atoms with E-state index in [0.717, 1.165) is 16.9 Å². The monoisotopic (exact) mass is 447 g/mol. The van der Waals surface area contributed by atoms with E-state index in [2.05, 4.69) is 0 Å². The van der Waals surface area contributed by atoms with E-state index in [1.807, 2.05) is 73.6 Å². The van der Waals surface area contributed by atoms with Gasteiger partial charge in [-0.25, -0.2) is 9.96 Å². The zero-order valence-electron chi connectivity index (χ0n) is 17.7. The number of carbonyl (C=O) groups is 2. The number of fused-ring (bicyclic) bond motifs is 1. The van der Waals surface area contributed by atoms with Crippen LogP contribution in [0.3, 0.4) is 0 Å². The van der Waals surface area contributed by atoms with Crippen LogP contribution in [0.25, 0.3) is 0 Å². The van der Waals surface area contributed by atoms with Crippen LogP contribution in [0, 0.1) is 5.92 Å². The first-order chi connectivity index (χ1) is 15.5. The summed E-state index contributed by atoms with van der Waals surface area (Å²) in [7, 11) is 3.95. The standard InChI is InChI=1S/C25H22ClN3O3/c1-27(2)18-13-11-16(12-14-18)22-21-23(32-29(22)19-8-4-3-5-9-19)25(31)28(24(21)30)20-10-6-7-17(26)15-20/h3-15,21-23H,1-2H3/t21-,22+,23+/m1/s1. The molecule has 2 aliphatic rings. The number of nitrogens with zero attached hydrogens (tertiary/aromatic N) is 3. The van der Waals surface area contributed by atoms with Gasteiger partial charge in [-0.1, -0.05) is 48.0 Å². The molecule has 2 aliphatic heterocycles. The maximum atomic E-state index is 13.6. The van der Waals surface area contributed by atoms with Gasteiger partial charge >= 0.3 is 0 Å². The number of halogens is 1. The molecule has 6 nitrogen and oxygen atoms in total. The van der Waals surface area contributed by atoms with Crippen molar-refractivity contribution in [2.45, 2.75) is 12.1 Å². The third-order valence-corrected chi connectivity index (χ3v) is 6.18. The Labute approximate surface area is 191 Å². The highest BCUT2D eigenvalue weighted by Gasteiger charge is 2.60. The first-order valence-corrected chi connectivity index (χ1v) is 10.8. The quantitative estimate of drug-likeness (QED) is 0.553. The van der Waals surface area contributed by atoms with E-state index >= 15 is 0 Å². The summed E-state index contributed by atoms with van der Waals surface area (Å²) in [6.07, 6.45) is -0.903. The Hall–Kier alpha value is -3.35. The number of benzene rings is 3. The second kappa shape index (κ2) is 7.97. The molecule has 3 aromatic rings. The molecule has 32 heavy (non-hydrogen) atoms. The van der Waals surface area contributed by atoms with Gasteiger partial charge < -0.3 is 4.90 Å². The predicted molar refractivity (Wildman–Crippen MR) is 125 cm³/mol. The summed E-state index contributed by atoms with van der Waals surface area (Å²) in [5.74, 6) is -1.34. The van der Waals surface area contributed by atoms with E-state index in [9.17, 15) is 9.59 Å². The molecule has 2 amide bonds. The Morgan fingerprint density at radius 3 is 2.19 bits per heavy atom. The fourth-order valence-electron chi connectivity index (χ4n) is 4.39. The summed E-state index contributed by atoms with van der Waals surface area (Å²) in [6.45, 7) is 0. The summed E-state index contributed by atoms with van der Waals surface area (Å²) in [5.41, 5.74) is 3.20. The predicted octanol–water partition coefficient (Wildman–Crippen LogP) is 4.46. The van der Waals surface area contributed by atoms with E-state index in [0.29, 0.717) is 10.7 Å². The van der Waals surface area contributed by atoms with Gasteiger partial charge in [0.1, 0.15) is 5.92 Å². The van der Waals surface area contributed by atoms with Crippen molar-refractivity contribution in [3.8, 4) is 0 Å². The number of carbonyl (C=O) groups excluding carboxylic acids is 2. The van der Waals surface area contributed by atoms with Crippen LogP contribution in [0.2, 0.25) is 5.02 Å². The SMILES string of the molecule is CN(C)c1ccc([C@H]2[C@H]3C(=O)N(c4cccc(Cl)c4)C(=O)[C@H]3ON2c2ccccc2)cc1. The van der Waals surface area contributed by atoms with Crippen molar-refractivity contribution >= 4 is 40.5 Å². The van der Waals surface area contributed by atoms with Crippen molar-refractivity contribution in [3.05, 3.63) is 89.4 Å². The molecule has 162 valence electrons. The Kier molecular flexibility index (Phi) is 5.12. The zero-order chi connectivity index (χ0) is 22.4. The van der Waals surface area contributed by atoms with Crippen LogP contribution in [0.15, 0.2) is 78.9 Å². The zero-order valence-corrected chi connectivity index (χ0v) is 18.4. The Balaban J connectivity index is 1.57. The molecule has 5 rings (SSSR count). The number of rotatable bonds is 4. The molecule has 7 heteroatoms. The summed E-state index contributed by atoms with van der Waals surface area (Å²) in [5, 5.41) is 2.16. The third kappa shape index (κ3) is 3.32. The minimum atomic E-state index is -0.903. The van der Waals surface area contributed by atoms with Crippen LogP contribution < -0.4 is 14.9 Å². The van der Waals surface area contributed by atoms with E-state index in [-0.39, 0.29) is 11.8 Å². The highest BCUT2D eigenvalue weighted by molar-refractivity contribution is 6.31. The van der Waals surface area contributed by atoms with Crippen molar-refractivity contribution in [1.82, 2.24) is 0 Å². The first kappa shape index (κ1) is 20.5. The fraction of sp³-hybridized carbons (Fsp3) is 0.200. The molecule has 2 saturated heterocycles. The minimum absolute atomic E-state index is 0.289. The van der Waals surface area contributed by atoms with Crippen LogP contribution in [0.5, 0.6) is 0 Å². The van der Waals surface area contributed by atoms with Crippen molar-refractivity contribution < 1.29 is 14.4 Å². The molecule has 0 saturated carbocycles. The molecule has 0 radical (unpaired) electrons. The lowest BCUT2D eigenvalue weighted by atomic mass is 9.90. The number of hydrogen-bond acceptors (Lipinski definition) is 5. The normalized spacial score (nSPS) is 22.4. The second-order valence-corrected chi connectivity index (χ2v) is 8.57. The number of anilines is 3. The van der Waals surface area contributed by atoms with Crippen molar-refractivity contribution in [1.29, 1.82) is 0 Å². The Morgan fingerprint density at radius 1 is 0.844 bits per heavy atom. The lowest BCUT2D eigenvalue weighted by Gasteiger charge is -2.29. The van der Waals surface area contributed by atoms with Gasteiger partial charge in [-0.15, -0.1) is 0 Å². The molecule has 0 bridgehead atoms. The molecule has 3 atom stereocenters. The molecule has 3 aromatic carbocycles. The second-order valence-electron chi connectivity index (χ2n) is 8.14. The van der Waals surface area contributed by atoms with Gasteiger partial charge in [-0.05, 0) is 48.0 Å². The van der Waals surface area contributed by atoms with Gasteiger partial charge in [0.25, 0.3) is 5.91 Å². The molecule has 0 N–H and O–H groups in total. The third-order valence-electron chi connectivity index (χ3n) is 5.94. The van der Waals surface area contributed by atoms with Crippen LogP contribution in [0.4, 0.5) is 17.1 Å².